The Bertz CT molecular complexity index is 172. The van der Waals surface area contributed by atoms with E-state index in [9.17, 15) is 5.11 Å². The van der Waals surface area contributed by atoms with Gasteiger partial charge in [0.05, 0.1) is 19.8 Å². The predicted octanol–water partition coefficient (Wildman–Crippen LogP) is 1.96. The minimum Gasteiger partial charge on any atom is -0.394 e. The van der Waals surface area contributed by atoms with Gasteiger partial charge in [0.15, 0.2) is 0 Å². The molecule has 0 bridgehead atoms. The van der Waals surface area contributed by atoms with E-state index < -0.39 is 0 Å². The molecule has 0 aliphatic heterocycles. The molecule has 18 heavy (non-hydrogen) atoms. The molecule has 0 amide bonds. The summed E-state index contributed by atoms with van der Waals surface area (Å²) in [6, 6.07) is 0. The van der Waals surface area contributed by atoms with E-state index in [4.69, 9.17) is 9.47 Å². The van der Waals surface area contributed by atoms with Gasteiger partial charge in [-0.2, -0.15) is 0 Å². The lowest BCUT2D eigenvalue weighted by Crippen LogP contribution is -2.48. The van der Waals surface area contributed by atoms with Crippen LogP contribution in [-0.4, -0.2) is 50.2 Å². The van der Waals surface area contributed by atoms with E-state index in [-0.39, 0.29) is 12.1 Å². The van der Waals surface area contributed by atoms with Crippen molar-refractivity contribution in [2.75, 3.05) is 39.6 Å². The van der Waals surface area contributed by atoms with Crippen molar-refractivity contribution in [2.24, 2.45) is 0 Å². The van der Waals surface area contributed by atoms with E-state index in [0.29, 0.717) is 13.2 Å². The number of ether oxygens (including phenoxy) is 2. The minimum absolute atomic E-state index is 0.126. The second kappa shape index (κ2) is 11.9. The van der Waals surface area contributed by atoms with Crippen molar-refractivity contribution in [3.8, 4) is 0 Å². The van der Waals surface area contributed by atoms with Crippen molar-refractivity contribution in [3.63, 3.8) is 0 Å². The van der Waals surface area contributed by atoms with E-state index in [1.54, 1.807) is 0 Å². The van der Waals surface area contributed by atoms with Crippen LogP contribution < -0.4 is 5.32 Å². The first-order chi connectivity index (χ1) is 8.74. The molecule has 0 radical (unpaired) electrons. The first-order valence-electron chi connectivity index (χ1n) is 7.26. The van der Waals surface area contributed by atoms with Crippen LogP contribution in [0.2, 0.25) is 0 Å². The number of rotatable bonds is 13. The lowest BCUT2D eigenvalue weighted by molar-refractivity contribution is 0.0462. The number of hydrogen-bond acceptors (Lipinski definition) is 4. The standard InChI is InChI=1S/C14H31NO3/c1-4-9-15-14(5-2,13-16)8-7-10-18-12-11-17-6-3/h15-16H,4-13H2,1-3H3. The smallest absolute Gasteiger partial charge is 0.0700 e. The maximum atomic E-state index is 9.55. The average molecular weight is 261 g/mol. The summed E-state index contributed by atoms with van der Waals surface area (Å²) in [7, 11) is 0. The van der Waals surface area contributed by atoms with E-state index in [2.05, 4.69) is 19.2 Å². The molecule has 0 heterocycles. The molecule has 4 nitrogen and oxygen atoms in total. The van der Waals surface area contributed by atoms with E-state index >= 15 is 0 Å². The second-order valence-electron chi connectivity index (χ2n) is 4.63. The maximum absolute atomic E-state index is 9.55. The largest absolute Gasteiger partial charge is 0.394 e. The SMILES string of the molecule is CCCNC(CC)(CO)CCCOCCOCC. The normalized spacial score (nSPS) is 14.7. The molecule has 0 saturated heterocycles. The van der Waals surface area contributed by atoms with Crippen molar-refractivity contribution in [1.82, 2.24) is 5.32 Å². The van der Waals surface area contributed by atoms with Crippen LogP contribution >= 0.6 is 0 Å². The Balaban J connectivity index is 3.69. The van der Waals surface area contributed by atoms with Crippen LogP contribution in [0.3, 0.4) is 0 Å². The number of hydrogen-bond donors (Lipinski definition) is 2. The van der Waals surface area contributed by atoms with Gasteiger partial charge in [0, 0.05) is 18.8 Å². The summed E-state index contributed by atoms with van der Waals surface area (Å²) in [6.07, 6.45) is 3.96. The van der Waals surface area contributed by atoms with E-state index in [1.807, 2.05) is 6.92 Å². The van der Waals surface area contributed by atoms with Crippen LogP contribution in [-0.2, 0) is 9.47 Å². The molecule has 2 N–H and O–H groups in total. The fourth-order valence-electron chi connectivity index (χ4n) is 1.90. The number of aliphatic hydroxyl groups excluding tert-OH is 1. The third-order valence-corrected chi connectivity index (χ3v) is 3.25. The van der Waals surface area contributed by atoms with Crippen molar-refractivity contribution >= 4 is 0 Å². The summed E-state index contributed by atoms with van der Waals surface area (Å²) in [4.78, 5) is 0. The Hall–Kier alpha value is -0.160. The van der Waals surface area contributed by atoms with Gasteiger partial charge in [-0.25, -0.2) is 0 Å². The van der Waals surface area contributed by atoms with Crippen LogP contribution in [0.5, 0.6) is 0 Å². The lowest BCUT2D eigenvalue weighted by Gasteiger charge is -2.32. The van der Waals surface area contributed by atoms with Gasteiger partial charge in [-0.05, 0) is 39.2 Å². The zero-order chi connectivity index (χ0) is 13.7. The third kappa shape index (κ3) is 8.03. The molecule has 0 saturated carbocycles. The summed E-state index contributed by atoms with van der Waals surface area (Å²) in [5.74, 6) is 0. The third-order valence-electron chi connectivity index (χ3n) is 3.25. The van der Waals surface area contributed by atoms with Gasteiger partial charge < -0.3 is 19.9 Å². The van der Waals surface area contributed by atoms with Crippen molar-refractivity contribution in [2.45, 2.75) is 52.0 Å². The molecule has 110 valence electrons. The molecule has 1 atom stereocenters. The second-order valence-corrected chi connectivity index (χ2v) is 4.63. The zero-order valence-corrected chi connectivity index (χ0v) is 12.3. The highest BCUT2D eigenvalue weighted by Gasteiger charge is 2.25. The summed E-state index contributed by atoms with van der Waals surface area (Å²) in [5.41, 5.74) is -0.126. The molecule has 0 aromatic heterocycles. The topological polar surface area (TPSA) is 50.7 Å². The monoisotopic (exact) mass is 261 g/mol. The molecular weight excluding hydrogens is 230 g/mol. The van der Waals surface area contributed by atoms with Gasteiger partial charge in [-0.3, -0.25) is 0 Å². The Labute approximate surface area is 112 Å². The molecule has 0 aliphatic carbocycles. The molecule has 4 heteroatoms. The Morgan fingerprint density at radius 1 is 1.06 bits per heavy atom. The molecule has 1 unspecified atom stereocenters. The molecular formula is C14H31NO3. The Morgan fingerprint density at radius 3 is 2.33 bits per heavy atom. The van der Waals surface area contributed by atoms with Gasteiger partial charge >= 0.3 is 0 Å². The van der Waals surface area contributed by atoms with Crippen molar-refractivity contribution in [3.05, 3.63) is 0 Å². The molecule has 0 spiro atoms. The van der Waals surface area contributed by atoms with Crippen molar-refractivity contribution < 1.29 is 14.6 Å². The first kappa shape index (κ1) is 17.8. The fraction of sp³-hybridized carbons (Fsp3) is 1.00. The highest BCUT2D eigenvalue weighted by Crippen LogP contribution is 2.17. The zero-order valence-electron chi connectivity index (χ0n) is 12.3. The van der Waals surface area contributed by atoms with E-state index in [0.717, 1.165) is 45.4 Å². The molecule has 0 fully saturated rings. The average Bonchev–Trinajstić information content (AvgIpc) is 2.42. The first-order valence-corrected chi connectivity index (χ1v) is 7.26. The summed E-state index contributed by atoms with van der Waals surface area (Å²) >= 11 is 0. The van der Waals surface area contributed by atoms with Gasteiger partial charge in [0.2, 0.25) is 0 Å². The summed E-state index contributed by atoms with van der Waals surface area (Å²) < 4.78 is 10.7. The predicted molar refractivity (Wildman–Crippen MR) is 74.9 cm³/mol. The number of aliphatic hydroxyl groups is 1. The van der Waals surface area contributed by atoms with Crippen LogP contribution in [0.4, 0.5) is 0 Å². The molecule has 0 rings (SSSR count). The van der Waals surface area contributed by atoms with Crippen LogP contribution in [0.25, 0.3) is 0 Å². The highest BCUT2D eigenvalue weighted by molar-refractivity contribution is 4.85. The number of nitrogens with one attached hydrogen (secondary N) is 1. The summed E-state index contributed by atoms with van der Waals surface area (Å²) in [6.45, 7) is 10.2. The molecule has 0 aromatic carbocycles. The van der Waals surface area contributed by atoms with Gasteiger partial charge in [-0.15, -0.1) is 0 Å². The fourth-order valence-corrected chi connectivity index (χ4v) is 1.90. The van der Waals surface area contributed by atoms with Crippen LogP contribution in [0.1, 0.15) is 46.5 Å². The Kier molecular flexibility index (Phi) is 11.8. The van der Waals surface area contributed by atoms with Crippen molar-refractivity contribution in [1.29, 1.82) is 0 Å². The van der Waals surface area contributed by atoms with Gasteiger partial charge in [-0.1, -0.05) is 13.8 Å². The van der Waals surface area contributed by atoms with Crippen LogP contribution in [0.15, 0.2) is 0 Å². The molecule has 0 aromatic rings. The summed E-state index contributed by atoms with van der Waals surface area (Å²) in [5, 5.41) is 13.0. The van der Waals surface area contributed by atoms with E-state index in [1.165, 1.54) is 0 Å². The van der Waals surface area contributed by atoms with Gasteiger partial charge in [0.25, 0.3) is 0 Å². The minimum atomic E-state index is -0.126. The van der Waals surface area contributed by atoms with Crippen LogP contribution in [0, 0.1) is 0 Å². The Morgan fingerprint density at radius 2 is 1.78 bits per heavy atom. The molecule has 0 aliphatic rings. The lowest BCUT2D eigenvalue weighted by atomic mass is 9.91. The maximum Gasteiger partial charge on any atom is 0.0700 e. The quantitative estimate of drug-likeness (QED) is 0.498. The van der Waals surface area contributed by atoms with Gasteiger partial charge in [0.1, 0.15) is 0 Å². The highest BCUT2D eigenvalue weighted by atomic mass is 16.5.